The van der Waals surface area contributed by atoms with Crippen molar-refractivity contribution in [3.8, 4) is 5.75 Å². The lowest BCUT2D eigenvalue weighted by molar-refractivity contribution is -0.142. The molecule has 1 aromatic carbocycles. The average Bonchev–Trinajstić information content (AvgIpc) is 2.50. The first-order valence-corrected chi connectivity index (χ1v) is 7.53. The Labute approximate surface area is 132 Å². The number of carbonyl (C=O) groups is 2. The average molecular weight is 307 g/mol. The summed E-state index contributed by atoms with van der Waals surface area (Å²) in [6.45, 7) is 6.83. The van der Waals surface area contributed by atoms with Gasteiger partial charge in [0.1, 0.15) is 5.75 Å². The molecule has 0 bridgehead atoms. The number of esters is 1. The van der Waals surface area contributed by atoms with E-state index in [0.29, 0.717) is 13.1 Å². The number of para-hydroxylation sites is 1. The lowest BCUT2D eigenvalue weighted by Crippen LogP contribution is -2.37. The normalized spacial score (nSPS) is 10.2. The Bertz CT molecular complexity index is 493. The molecule has 0 aliphatic carbocycles. The molecule has 0 heterocycles. The fraction of sp³-hybridized carbons (Fsp3) is 0.529. The topological polar surface area (TPSA) is 55.8 Å². The van der Waals surface area contributed by atoms with Gasteiger partial charge in [-0.05, 0) is 31.4 Å². The van der Waals surface area contributed by atoms with Crippen molar-refractivity contribution in [2.24, 2.45) is 0 Å². The van der Waals surface area contributed by atoms with Crippen molar-refractivity contribution >= 4 is 11.9 Å². The molecule has 5 heteroatoms. The molecule has 122 valence electrons. The number of rotatable bonds is 8. The third-order valence-electron chi connectivity index (χ3n) is 3.41. The van der Waals surface area contributed by atoms with E-state index in [-0.39, 0.29) is 24.9 Å². The maximum absolute atomic E-state index is 12.3. The Morgan fingerprint density at radius 2 is 1.77 bits per heavy atom. The standard InChI is InChI=1S/C17H25NO4/c1-5-10-18(11-9-16(20)21-4)15(19)12-22-17-13(2)7-6-8-14(17)3/h6-8H,5,9-12H2,1-4H3. The molecule has 0 N–H and O–H groups in total. The summed E-state index contributed by atoms with van der Waals surface area (Å²) < 4.78 is 10.3. The number of hydrogen-bond donors (Lipinski definition) is 0. The minimum atomic E-state index is -0.315. The van der Waals surface area contributed by atoms with Crippen LogP contribution in [0.1, 0.15) is 30.9 Å². The van der Waals surface area contributed by atoms with Crippen LogP contribution in [0, 0.1) is 13.8 Å². The molecule has 0 radical (unpaired) electrons. The molecule has 5 nitrogen and oxygen atoms in total. The zero-order valence-electron chi connectivity index (χ0n) is 13.8. The number of amides is 1. The van der Waals surface area contributed by atoms with Gasteiger partial charge in [-0.3, -0.25) is 9.59 Å². The van der Waals surface area contributed by atoms with Gasteiger partial charge in [0, 0.05) is 13.1 Å². The van der Waals surface area contributed by atoms with Crippen molar-refractivity contribution in [3.05, 3.63) is 29.3 Å². The highest BCUT2D eigenvalue weighted by atomic mass is 16.5. The smallest absolute Gasteiger partial charge is 0.307 e. The Morgan fingerprint density at radius 3 is 2.32 bits per heavy atom. The van der Waals surface area contributed by atoms with Gasteiger partial charge < -0.3 is 14.4 Å². The highest BCUT2D eigenvalue weighted by molar-refractivity contribution is 5.78. The van der Waals surface area contributed by atoms with E-state index >= 15 is 0 Å². The fourth-order valence-electron chi connectivity index (χ4n) is 2.21. The Morgan fingerprint density at radius 1 is 1.14 bits per heavy atom. The highest BCUT2D eigenvalue weighted by Gasteiger charge is 2.16. The molecule has 0 saturated carbocycles. The first-order chi connectivity index (χ1) is 10.5. The summed E-state index contributed by atoms with van der Waals surface area (Å²) in [6.07, 6.45) is 1.03. The van der Waals surface area contributed by atoms with Gasteiger partial charge in [0.15, 0.2) is 6.61 Å². The predicted octanol–water partition coefficient (Wildman–Crippen LogP) is 2.48. The number of nitrogens with zero attached hydrogens (tertiary/aromatic N) is 1. The van der Waals surface area contributed by atoms with Crippen molar-refractivity contribution in [1.82, 2.24) is 4.90 Å². The van der Waals surface area contributed by atoms with Crippen molar-refractivity contribution in [2.75, 3.05) is 26.8 Å². The molecule has 0 aliphatic rings. The predicted molar refractivity (Wildman–Crippen MR) is 84.9 cm³/mol. The van der Waals surface area contributed by atoms with Crippen molar-refractivity contribution in [1.29, 1.82) is 0 Å². The first-order valence-electron chi connectivity index (χ1n) is 7.53. The second kappa shape index (κ2) is 9.07. The molecule has 0 spiro atoms. The molecule has 0 aliphatic heterocycles. The maximum atomic E-state index is 12.3. The molecule has 0 saturated heterocycles. The van der Waals surface area contributed by atoms with Gasteiger partial charge in [0.25, 0.3) is 5.91 Å². The van der Waals surface area contributed by atoms with E-state index in [1.807, 2.05) is 39.0 Å². The molecule has 1 amide bonds. The summed E-state index contributed by atoms with van der Waals surface area (Å²) in [5.74, 6) is 0.318. The molecule has 0 atom stereocenters. The van der Waals surface area contributed by atoms with Gasteiger partial charge in [0.2, 0.25) is 0 Å². The van der Waals surface area contributed by atoms with Crippen molar-refractivity contribution < 1.29 is 19.1 Å². The Kier molecular flexibility index (Phi) is 7.43. The van der Waals surface area contributed by atoms with Gasteiger partial charge in [-0.1, -0.05) is 25.1 Å². The van der Waals surface area contributed by atoms with E-state index in [2.05, 4.69) is 4.74 Å². The zero-order chi connectivity index (χ0) is 16.5. The van der Waals surface area contributed by atoms with E-state index in [9.17, 15) is 9.59 Å². The van der Waals surface area contributed by atoms with E-state index in [4.69, 9.17) is 4.74 Å². The molecular formula is C17H25NO4. The van der Waals surface area contributed by atoms with Crippen LogP contribution in [0.4, 0.5) is 0 Å². The number of benzene rings is 1. The molecule has 0 unspecified atom stereocenters. The minimum absolute atomic E-state index is 0.0210. The van der Waals surface area contributed by atoms with Crippen LogP contribution in [0.5, 0.6) is 5.75 Å². The summed E-state index contributed by atoms with van der Waals surface area (Å²) in [5, 5.41) is 0. The van der Waals surface area contributed by atoms with Crippen LogP contribution in [0.25, 0.3) is 0 Å². The SMILES string of the molecule is CCCN(CCC(=O)OC)C(=O)COc1c(C)cccc1C. The number of carbonyl (C=O) groups excluding carboxylic acids is 2. The molecule has 1 rings (SSSR count). The van der Waals surface area contributed by atoms with E-state index < -0.39 is 0 Å². The Hall–Kier alpha value is -2.04. The van der Waals surface area contributed by atoms with Gasteiger partial charge in [-0.2, -0.15) is 0 Å². The van der Waals surface area contributed by atoms with Crippen molar-refractivity contribution in [2.45, 2.75) is 33.6 Å². The van der Waals surface area contributed by atoms with Gasteiger partial charge >= 0.3 is 5.97 Å². The van der Waals surface area contributed by atoms with Gasteiger partial charge in [-0.25, -0.2) is 0 Å². The van der Waals surface area contributed by atoms with Crippen LogP contribution in [-0.2, 0) is 14.3 Å². The van der Waals surface area contributed by atoms with Crippen LogP contribution >= 0.6 is 0 Å². The summed E-state index contributed by atoms with van der Waals surface area (Å²) in [5.41, 5.74) is 2.01. The largest absolute Gasteiger partial charge is 0.483 e. The maximum Gasteiger partial charge on any atom is 0.307 e. The van der Waals surface area contributed by atoms with Crippen LogP contribution in [0.15, 0.2) is 18.2 Å². The molecule has 0 fully saturated rings. The van der Waals surface area contributed by atoms with Crippen molar-refractivity contribution in [3.63, 3.8) is 0 Å². The van der Waals surface area contributed by atoms with E-state index in [0.717, 1.165) is 23.3 Å². The van der Waals surface area contributed by atoms with E-state index in [1.165, 1.54) is 7.11 Å². The number of ether oxygens (including phenoxy) is 2. The van der Waals surface area contributed by atoms with Gasteiger partial charge in [0.05, 0.1) is 13.5 Å². The first kappa shape index (κ1) is 18.0. The minimum Gasteiger partial charge on any atom is -0.483 e. The second-order valence-corrected chi connectivity index (χ2v) is 5.22. The monoisotopic (exact) mass is 307 g/mol. The summed E-state index contributed by atoms with van der Waals surface area (Å²) >= 11 is 0. The van der Waals surface area contributed by atoms with Crippen LogP contribution < -0.4 is 4.74 Å². The summed E-state index contributed by atoms with van der Waals surface area (Å²) in [4.78, 5) is 25.1. The van der Waals surface area contributed by atoms with Crippen LogP contribution in [0.2, 0.25) is 0 Å². The lowest BCUT2D eigenvalue weighted by Gasteiger charge is -2.22. The van der Waals surface area contributed by atoms with Crippen LogP contribution in [-0.4, -0.2) is 43.6 Å². The number of aryl methyl sites for hydroxylation is 2. The Balaban J connectivity index is 2.61. The highest BCUT2D eigenvalue weighted by Crippen LogP contribution is 2.22. The summed E-state index contributed by atoms with van der Waals surface area (Å²) in [7, 11) is 1.35. The molecular weight excluding hydrogens is 282 g/mol. The third kappa shape index (κ3) is 5.39. The number of hydrogen-bond acceptors (Lipinski definition) is 4. The quantitative estimate of drug-likeness (QED) is 0.692. The van der Waals surface area contributed by atoms with Crippen LogP contribution in [0.3, 0.4) is 0 Å². The second-order valence-electron chi connectivity index (χ2n) is 5.22. The zero-order valence-corrected chi connectivity index (χ0v) is 13.8. The molecule has 1 aromatic rings. The van der Waals surface area contributed by atoms with E-state index in [1.54, 1.807) is 4.90 Å². The fourth-order valence-corrected chi connectivity index (χ4v) is 2.21. The molecule has 22 heavy (non-hydrogen) atoms. The molecule has 0 aromatic heterocycles. The number of methoxy groups -OCH3 is 1. The van der Waals surface area contributed by atoms with Gasteiger partial charge in [-0.15, -0.1) is 0 Å². The summed E-state index contributed by atoms with van der Waals surface area (Å²) in [6, 6.07) is 5.86. The lowest BCUT2D eigenvalue weighted by atomic mass is 10.1. The third-order valence-corrected chi connectivity index (χ3v) is 3.41.